The van der Waals surface area contributed by atoms with Gasteiger partial charge in [0.2, 0.25) is 0 Å². The largest absolute Gasteiger partial charge is 0.494 e. The van der Waals surface area contributed by atoms with Gasteiger partial charge in [0.1, 0.15) is 18.1 Å². The smallest absolute Gasteiger partial charge is 0.338 e. The molecule has 0 amide bonds. The minimum Gasteiger partial charge on any atom is -0.494 e. The molecular formula is C35H46O4. The summed E-state index contributed by atoms with van der Waals surface area (Å²) in [6.45, 7) is 8.23. The zero-order valence-corrected chi connectivity index (χ0v) is 24.1. The van der Waals surface area contributed by atoms with Crippen LogP contribution in [0.5, 0.6) is 11.5 Å². The molecule has 0 heterocycles. The van der Waals surface area contributed by atoms with Gasteiger partial charge in [-0.05, 0) is 71.8 Å². The zero-order chi connectivity index (χ0) is 27.7. The number of esters is 1. The van der Waals surface area contributed by atoms with Crippen LogP contribution < -0.4 is 9.47 Å². The molecule has 0 bridgehead atoms. The fourth-order valence-electron chi connectivity index (χ4n) is 4.40. The Labute approximate surface area is 235 Å². The van der Waals surface area contributed by atoms with Crippen LogP contribution in [-0.2, 0) is 11.3 Å². The summed E-state index contributed by atoms with van der Waals surface area (Å²) in [4.78, 5) is 12.3. The molecule has 0 radical (unpaired) electrons. The number of ether oxygens (including phenoxy) is 3. The van der Waals surface area contributed by atoms with Crippen molar-refractivity contribution in [2.24, 2.45) is 5.92 Å². The van der Waals surface area contributed by atoms with E-state index in [1.165, 1.54) is 32.1 Å². The van der Waals surface area contributed by atoms with Crippen molar-refractivity contribution in [3.05, 3.63) is 83.9 Å². The van der Waals surface area contributed by atoms with Crippen LogP contribution in [0.15, 0.2) is 72.8 Å². The zero-order valence-electron chi connectivity index (χ0n) is 24.1. The molecule has 0 aliphatic rings. The number of rotatable bonds is 18. The molecule has 0 aliphatic carbocycles. The molecule has 0 fully saturated rings. The number of hydrogen-bond donors (Lipinski definition) is 0. The normalized spacial score (nSPS) is 11.7. The third kappa shape index (κ3) is 11.2. The summed E-state index contributed by atoms with van der Waals surface area (Å²) in [5.74, 6) is 1.86. The van der Waals surface area contributed by atoms with E-state index < -0.39 is 0 Å². The summed E-state index contributed by atoms with van der Waals surface area (Å²) in [5, 5.41) is 0. The van der Waals surface area contributed by atoms with Crippen LogP contribution in [0.2, 0.25) is 0 Å². The van der Waals surface area contributed by atoms with Gasteiger partial charge in [-0.1, -0.05) is 102 Å². The van der Waals surface area contributed by atoms with E-state index in [4.69, 9.17) is 14.2 Å². The van der Waals surface area contributed by atoms with Crippen molar-refractivity contribution >= 4 is 5.97 Å². The topological polar surface area (TPSA) is 44.8 Å². The van der Waals surface area contributed by atoms with Crippen molar-refractivity contribution < 1.29 is 19.0 Å². The Morgan fingerprint density at radius 1 is 0.667 bits per heavy atom. The van der Waals surface area contributed by atoms with Gasteiger partial charge >= 0.3 is 5.97 Å². The van der Waals surface area contributed by atoms with E-state index in [0.29, 0.717) is 24.7 Å². The van der Waals surface area contributed by atoms with Gasteiger partial charge in [0.25, 0.3) is 0 Å². The van der Waals surface area contributed by atoms with E-state index in [2.05, 4.69) is 45.0 Å². The molecule has 1 atom stereocenters. The molecule has 4 nitrogen and oxygen atoms in total. The molecule has 1 unspecified atom stereocenters. The highest BCUT2D eigenvalue weighted by Gasteiger charge is 2.10. The molecule has 3 aromatic rings. The Morgan fingerprint density at radius 3 is 1.85 bits per heavy atom. The highest BCUT2D eigenvalue weighted by atomic mass is 16.5. The van der Waals surface area contributed by atoms with Gasteiger partial charge in [0.15, 0.2) is 0 Å². The molecule has 4 heteroatoms. The maximum absolute atomic E-state index is 12.3. The highest BCUT2D eigenvalue weighted by Crippen LogP contribution is 2.25. The molecule has 39 heavy (non-hydrogen) atoms. The van der Waals surface area contributed by atoms with Crippen LogP contribution in [0.3, 0.4) is 0 Å². The monoisotopic (exact) mass is 530 g/mol. The Hall–Kier alpha value is -3.27. The Balaban J connectivity index is 1.40. The van der Waals surface area contributed by atoms with Crippen LogP contribution in [-0.4, -0.2) is 19.2 Å². The van der Waals surface area contributed by atoms with Crippen LogP contribution in [0, 0.1) is 5.92 Å². The molecule has 3 rings (SSSR count). The van der Waals surface area contributed by atoms with Crippen molar-refractivity contribution in [3.8, 4) is 22.6 Å². The third-order valence-electron chi connectivity index (χ3n) is 6.95. The second-order valence-corrected chi connectivity index (χ2v) is 10.5. The molecule has 0 aromatic heterocycles. The molecule has 0 saturated carbocycles. The van der Waals surface area contributed by atoms with Crippen LogP contribution in [0.1, 0.15) is 94.5 Å². The standard InChI is InChI=1S/C35H46O4/c1-4-6-8-9-10-11-25-37-33-21-17-30(18-22-33)31-19-23-34(24-20-31)38-27-29-13-15-32(16-14-29)35(36)39-26-28(3)12-7-5-2/h13-24,28H,4-12,25-27H2,1-3H3. The maximum atomic E-state index is 12.3. The second-order valence-electron chi connectivity index (χ2n) is 10.5. The lowest BCUT2D eigenvalue weighted by molar-refractivity contribution is 0.0443. The van der Waals surface area contributed by atoms with E-state index in [1.807, 2.05) is 48.5 Å². The highest BCUT2D eigenvalue weighted by molar-refractivity contribution is 5.89. The van der Waals surface area contributed by atoms with Crippen molar-refractivity contribution in [2.75, 3.05) is 13.2 Å². The van der Waals surface area contributed by atoms with Gasteiger partial charge in [-0.2, -0.15) is 0 Å². The summed E-state index contributed by atoms with van der Waals surface area (Å²) >= 11 is 0. The first-order valence-corrected chi connectivity index (χ1v) is 14.8. The number of hydrogen-bond acceptors (Lipinski definition) is 4. The second kappa shape index (κ2) is 17.3. The van der Waals surface area contributed by atoms with Gasteiger partial charge in [-0.25, -0.2) is 4.79 Å². The lowest BCUT2D eigenvalue weighted by Gasteiger charge is -2.12. The Bertz CT molecular complexity index is 1070. The van der Waals surface area contributed by atoms with E-state index in [1.54, 1.807) is 0 Å². The predicted molar refractivity (Wildman–Crippen MR) is 160 cm³/mol. The Kier molecular flexibility index (Phi) is 13.5. The molecule has 0 spiro atoms. The van der Waals surface area contributed by atoms with E-state index in [0.717, 1.165) is 60.5 Å². The summed E-state index contributed by atoms with van der Waals surface area (Å²) in [7, 11) is 0. The minimum absolute atomic E-state index is 0.265. The van der Waals surface area contributed by atoms with Crippen molar-refractivity contribution in [3.63, 3.8) is 0 Å². The van der Waals surface area contributed by atoms with Crippen LogP contribution in [0.4, 0.5) is 0 Å². The van der Waals surface area contributed by atoms with Crippen LogP contribution in [0.25, 0.3) is 11.1 Å². The van der Waals surface area contributed by atoms with Crippen molar-refractivity contribution in [1.29, 1.82) is 0 Å². The molecule has 3 aromatic carbocycles. The van der Waals surface area contributed by atoms with Gasteiger partial charge in [-0.15, -0.1) is 0 Å². The van der Waals surface area contributed by atoms with Gasteiger partial charge < -0.3 is 14.2 Å². The minimum atomic E-state index is -0.265. The third-order valence-corrected chi connectivity index (χ3v) is 6.95. The number of carbonyl (C=O) groups is 1. The predicted octanol–water partition coefficient (Wildman–Crippen LogP) is 9.65. The number of carbonyl (C=O) groups excluding carboxylic acids is 1. The van der Waals surface area contributed by atoms with Crippen molar-refractivity contribution in [2.45, 2.75) is 85.2 Å². The van der Waals surface area contributed by atoms with Gasteiger partial charge in [0, 0.05) is 0 Å². The molecule has 0 aliphatic heterocycles. The quantitative estimate of drug-likeness (QED) is 0.121. The molecule has 0 N–H and O–H groups in total. The molecular weight excluding hydrogens is 484 g/mol. The molecule has 210 valence electrons. The molecule has 0 saturated heterocycles. The van der Waals surface area contributed by atoms with E-state index in [-0.39, 0.29) is 5.97 Å². The lowest BCUT2D eigenvalue weighted by atomic mass is 10.1. The first kappa shape index (κ1) is 30.3. The lowest BCUT2D eigenvalue weighted by Crippen LogP contribution is -2.12. The summed E-state index contributed by atoms with van der Waals surface area (Å²) in [5.41, 5.74) is 3.86. The first-order valence-electron chi connectivity index (χ1n) is 14.8. The fourth-order valence-corrected chi connectivity index (χ4v) is 4.40. The fraction of sp³-hybridized carbons (Fsp3) is 0.457. The van der Waals surface area contributed by atoms with Gasteiger partial charge in [-0.3, -0.25) is 0 Å². The number of unbranched alkanes of at least 4 members (excludes halogenated alkanes) is 6. The average molecular weight is 531 g/mol. The SMILES string of the molecule is CCCCCCCCOc1ccc(-c2ccc(OCc3ccc(C(=O)OCC(C)CCCC)cc3)cc2)cc1. The number of benzene rings is 3. The van der Waals surface area contributed by atoms with Gasteiger partial charge in [0.05, 0.1) is 18.8 Å². The van der Waals surface area contributed by atoms with E-state index >= 15 is 0 Å². The Morgan fingerprint density at radius 2 is 1.23 bits per heavy atom. The average Bonchev–Trinajstić information content (AvgIpc) is 2.98. The first-order chi connectivity index (χ1) is 19.1. The van der Waals surface area contributed by atoms with Crippen LogP contribution >= 0.6 is 0 Å². The summed E-state index contributed by atoms with van der Waals surface area (Å²) < 4.78 is 17.3. The maximum Gasteiger partial charge on any atom is 0.338 e. The summed E-state index contributed by atoms with van der Waals surface area (Å²) in [6.07, 6.45) is 11.0. The van der Waals surface area contributed by atoms with E-state index in [9.17, 15) is 4.79 Å². The van der Waals surface area contributed by atoms with Crippen molar-refractivity contribution in [1.82, 2.24) is 0 Å². The summed E-state index contributed by atoms with van der Waals surface area (Å²) in [6, 6.07) is 23.9.